The number of ether oxygens (including phenoxy) is 2. The van der Waals surface area contributed by atoms with Crippen LogP contribution in [0.2, 0.25) is 0 Å². The van der Waals surface area contributed by atoms with Gasteiger partial charge in [0, 0.05) is 30.1 Å². The molecule has 0 saturated carbocycles. The topological polar surface area (TPSA) is 51.7 Å². The number of amides is 1. The van der Waals surface area contributed by atoms with Crippen LogP contribution in [-0.4, -0.2) is 41.1 Å². The van der Waals surface area contributed by atoms with E-state index in [1.165, 1.54) is 0 Å². The fourth-order valence-corrected chi connectivity index (χ4v) is 3.44. The number of rotatable bonds is 5. The van der Waals surface area contributed by atoms with Crippen molar-refractivity contribution in [3.8, 4) is 5.75 Å². The molecule has 1 fully saturated rings. The van der Waals surface area contributed by atoms with Crippen molar-refractivity contribution in [2.75, 3.05) is 19.7 Å². The maximum Gasteiger partial charge on any atom is 0.246 e. The quantitative estimate of drug-likeness (QED) is 0.751. The molecule has 5 nitrogen and oxygen atoms in total. The van der Waals surface area contributed by atoms with Crippen LogP contribution in [0.1, 0.15) is 30.1 Å². The number of hydrogen-bond donors (Lipinski definition) is 0. The molecule has 1 aromatic heterocycles. The van der Waals surface area contributed by atoms with E-state index in [2.05, 4.69) is 4.98 Å². The molecule has 2 aromatic rings. The molecule has 1 aromatic carbocycles. The summed E-state index contributed by atoms with van der Waals surface area (Å²) in [5, 5.41) is 3.02. The van der Waals surface area contributed by atoms with Crippen molar-refractivity contribution in [2.24, 2.45) is 0 Å². The first-order valence-electron chi connectivity index (χ1n) is 8.67. The SMILES string of the molecule is Cc1nc(COc2ccccc2/C=C\C(=O)N2CCOC(C)(C)C2)cs1. The van der Waals surface area contributed by atoms with E-state index >= 15 is 0 Å². The zero-order chi connectivity index (χ0) is 18.6. The van der Waals surface area contributed by atoms with Crippen LogP contribution < -0.4 is 4.74 Å². The predicted octanol–water partition coefficient (Wildman–Crippen LogP) is 3.68. The minimum atomic E-state index is -0.297. The van der Waals surface area contributed by atoms with Gasteiger partial charge in [0.05, 0.1) is 22.9 Å². The first-order valence-corrected chi connectivity index (χ1v) is 9.55. The smallest absolute Gasteiger partial charge is 0.246 e. The molecule has 6 heteroatoms. The number of morpholine rings is 1. The third-order valence-electron chi connectivity index (χ3n) is 4.10. The van der Waals surface area contributed by atoms with Crippen LogP contribution in [0.15, 0.2) is 35.7 Å². The van der Waals surface area contributed by atoms with Crippen molar-refractivity contribution in [3.63, 3.8) is 0 Å². The third-order valence-corrected chi connectivity index (χ3v) is 4.93. The molecular formula is C20H24N2O3S. The summed E-state index contributed by atoms with van der Waals surface area (Å²) in [4.78, 5) is 18.7. The van der Waals surface area contributed by atoms with Gasteiger partial charge in [-0.05, 0) is 32.9 Å². The van der Waals surface area contributed by atoms with Gasteiger partial charge < -0.3 is 14.4 Å². The lowest BCUT2D eigenvalue weighted by Crippen LogP contribution is -2.50. The van der Waals surface area contributed by atoms with E-state index in [0.29, 0.717) is 26.3 Å². The summed E-state index contributed by atoms with van der Waals surface area (Å²) in [5.74, 6) is 0.732. The summed E-state index contributed by atoms with van der Waals surface area (Å²) < 4.78 is 11.6. The van der Waals surface area contributed by atoms with Gasteiger partial charge in [0.25, 0.3) is 0 Å². The highest BCUT2D eigenvalue weighted by Crippen LogP contribution is 2.22. The Morgan fingerprint density at radius 1 is 1.42 bits per heavy atom. The lowest BCUT2D eigenvalue weighted by molar-refractivity contribution is -0.140. The molecular weight excluding hydrogens is 348 g/mol. The van der Waals surface area contributed by atoms with Crippen molar-refractivity contribution >= 4 is 23.3 Å². The second-order valence-electron chi connectivity index (χ2n) is 6.89. The van der Waals surface area contributed by atoms with Crippen molar-refractivity contribution in [3.05, 3.63) is 52.0 Å². The van der Waals surface area contributed by atoms with Gasteiger partial charge in [-0.1, -0.05) is 18.2 Å². The maximum atomic E-state index is 12.5. The fraction of sp³-hybridized carbons (Fsp3) is 0.400. The van der Waals surface area contributed by atoms with E-state index < -0.39 is 0 Å². The minimum absolute atomic E-state index is 0.00805. The fourth-order valence-electron chi connectivity index (χ4n) is 2.85. The van der Waals surface area contributed by atoms with Crippen molar-refractivity contribution in [1.82, 2.24) is 9.88 Å². The molecule has 0 aliphatic carbocycles. The van der Waals surface area contributed by atoms with Gasteiger partial charge in [-0.2, -0.15) is 0 Å². The lowest BCUT2D eigenvalue weighted by Gasteiger charge is -2.37. The molecule has 0 N–H and O–H groups in total. The zero-order valence-electron chi connectivity index (χ0n) is 15.4. The molecule has 0 atom stereocenters. The predicted molar refractivity (Wildman–Crippen MR) is 103 cm³/mol. The molecule has 1 aliphatic rings. The largest absolute Gasteiger partial charge is 0.487 e. The van der Waals surface area contributed by atoms with Gasteiger partial charge in [-0.3, -0.25) is 4.79 Å². The molecule has 1 amide bonds. The van der Waals surface area contributed by atoms with Gasteiger partial charge >= 0.3 is 0 Å². The average Bonchev–Trinajstić information content (AvgIpc) is 3.03. The first-order chi connectivity index (χ1) is 12.4. The first kappa shape index (κ1) is 18.6. The number of nitrogens with zero attached hydrogens (tertiary/aromatic N) is 2. The van der Waals surface area contributed by atoms with E-state index in [-0.39, 0.29) is 11.5 Å². The molecule has 138 valence electrons. The molecule has 1 aliphatic heterocycles. The second kappa shape index (κ2) is 8.01. The van der Waals surface area contributed by atoms with Gasteiger partial charge in [0.1, 0.15) is 12.4 Å². The monoisotopic (exact) mass is 372 g/mol. The summed E-state index contributed by atoms with van der Waals surface area (Å²) in [6.45, 7) is 8.17. The van der Waals surface area contributed by atoms with Crippen molar-refractivity contribution in [1.29, 1.82) is 0 Å². The zero-order valence-corrected chi connectivity index (χ0v) is 16.2. The third kappa shape index (κ3) is 4.93. The van der Waals surface area contributed by atoms with Crippen LogP contribution in [0.3, 0.4) is 0 Å². The summed E-state index contributed by atoms with van der Waals surface area (Å²) in [6.07, 6.45) is 3.42. The Kier molecular flexibility index (Phi) is 5.74. The summed E-state index contributed by atoms with van der Waals surface area (Å²) in [7, 11) is 0. The van der Waals surface area contributed by atoms with E-state index in [1.54, 1.807) is 17.4 Å². The Morgan fingerprint density at radius 3 is 2.96 bits per heavy atom. The number of aromatic nitrogens is 1. The summed E-state index contributed by atoms with van der Waals surface area (Å²) in [5.41, 5.74) is 1.49. The van der Waals surface area contributed by atoms with Crippen LogP contribution in [0.4, 0.5) is 0 Å². The number of benzene rings is 1. The van der Waals surface area contributed by atoms with E-state index in [1.807, 2.05) is 61.4 Å². The van der Waals surface area contributed by atoms with Crippen LogP contribution in [0.25, 0.3) is 6.08 Å². The highest BCUT2D eigenvalue weighted by Gasteiger charge is 2.28. The Balaban J connectivity index is 1.65. The van der Waals surface area contributed by atoms with Crippen LogP contribution >= 0.6 is 11.3 Å². The molecule has 1 saturated heterocycles. The Hall–Kier alpha value is -2.18. The molecule has 2 heterocycles. The van der Waals surface area contributed by atoms with E-state index in [4.69, 9.17) is 9.47 Å². The van der Waals surface area contributed by atoms with Crippen LogP contribution in [0, 0.1) is 6.92 Å². The number of para-hydroxylation sites is 1. The number of aryl methyl sites for hydroxylation is 1. The Bertz CT molecular complexity index is 798. The summed E-state index contributed by atoms with van der Waals surface area (Å²) in [6, 6.07) is 7.70. The molecule has 26 heavy (non-hydrogen) atoms. The normalized spacial score (nSPS) is 16.8. The molecule has 3 rings (SSSR count). The highest BCUT2D eigenvalue weighted by molar-refractivity contribution is 7.09. The molecule has 0 radical (unpaired) electrons. The van der Waals surface area contributed by atoms with Crippen molar-refractivity contribution < 1.29 is 14.3 Å². The maximum absolute atomic E-state index is 12.5. The molecule has 0 spiro atoms. The van der Waals surface area contributed by atoms with E-state index in [9.17, 15) is 4.79 Å². The number of carbonyl (C=O) groups excluding carboxylic acids is 1. The molecule has 0 unspecified atom stereocenters. The van der Waals surface area contributed by atoms with Gasteiger partial charge in [-0.25, -0.2) is 4.98 Å². The summed E-state index contributed by atoms with van der Waals surface area (Å²) >= 11 is 1.61. The van der Waals surface area contributed by atoms with Crippen molar-refractivity contribution in [2.45, 2.75) is 33.0 Å². The Morgan fingerprint density at radius 2 is 2.23 bits per heavy atom. The standard InChI is InChI=1S/C20H24N2O3S/c1-15-21-17(13-26-15)12-24-18-7-5-4-6-16(18)8-9-19(23)22-10-11-25-20(2,3)14-22/h4-9,13H,10-12,14H2,1-3H3/b9-8-. The van der Waals surface area contributed by atoms with Gasteiger partial charge in [0.2, 0.25) is 5.91 Å². The Labute approximate surface area is 158 Å². The minimum Gasteiger partial charge on any atom is -0.487 e. The molecule has 0 bridgehead atoms. The number of hydrogen-bond acceptors (Lipinski definition) is 5. The van der Waals surface area contributed by atoms with E-state index in [0.717, 1.165) is 22.0 Å². The average molecular weight is 372 g/mol. The highest BCUT2D eigenvalue weighted by atomic mass is 32.1. The number of thiazole rings is 1. The van der Waals surface area contributed by atoms with Gasteiger partial charge in [-0.15, -0.1) is 11.3 Å². The van der Waals surface area contributed by atoms with Crippen LogP contribution in [-0.2, 0) is 16.1 Å². The van der Waals surface area contributed by atoms with Crippen LogP contribution in [0.5, 0.6) is 5.75 Å². The van der Waals surface area contributed by atoms with Gasteiger partial charge in [0.15, 0.2) is 0 Å². The second-order valence-corrected chi connectivity index (χ2v) is 7.95. The lowest BCUT2D eigenvalue weighted by atomic mass is 10.1. The number of carbonyl (C=O) groups is 1.